The molecule has 1 aromatic carbocycles. The first-order chi connectivity index (χ1) is 15.6. The summed E-state index contributed by atoms with van der Waals surface area (Å²) < 4.78 is 5.02. The maximum atomic E-state index is 13.1. The number of para-hydroxylation sites is 1. The van der Waals surface area contributed by atoms with Gasteiger partial charge in [-0.3, -0.25) is 9.59 Å². The summed E-state index contributed by atoms with van der Waals surface area (Å²) in [6, 6.07) is 13.4. The van der Waals surface area contributed by atoms with Gasteiger partial charge in [-0.2, -0.15) is 4.98 Å². The number of hydrogen-bond donors (Lipinski definition) is 0. The molecule has 0 radical (unpaired) electrons. The minimum absolute atomic E-state index is 0.00858. The lowest BCUT2D eigenvalue weighted by Gasteiger charge is -2.36. The highest BCUT2D eigenvalue weighted by atomic mass is 16.5. The average molecular weight is 432 g/mol. The van der Waals surface area contributed by atoms with E-state index in [1.54, 1.807) is 18.0 Å². The Morgan fingerprint density at radius 1 is 1.06 bits per heavy atom. The van der Waals surface area contributed by atoms with Crippen molar-refractivity contribution in [2.24, 2.45) is 5.92 Å². The third kappa shape index (κ3) is 3.93. The quantitative estimate of drug-likeness (QED) is 0.623. The van der Waals surface area contributed by atoms with Crippen LogP contribution in [0, 0.1) is 12.8 Å². The molecule has 1 atom stereocenters. The number of amides is 2. The molecule has 9 nitrogen and oxygen atoms in total. The van der Waals surface area contributed by atoms with Crippen LogP contribution in [-0.4, -0.2) is 64.6 Å². The lowest BCUT2D eigenvalue weighted by atomic mass is 10.1. The predicted octanol–water partition coefficient (Wildman–Crippen LogP) is 2.14. The Balaban J connectivity index is 1.18. The molecule has 2 fully saturated rings. The van der Waals surface area contributed by atoms with E-state index < -0.39 is 0 Å². The zero-order valence-corrected chi connectivity index (χ0v) is 17.8. The summed E-state index contributed by atoms with van der Waals surface area (Å²) in [6.07, 6.45) is 2.01. The average Bonchev–Trinajstić information content (AvgIpc) is 3.45. The van der Waals surface area contributed by atoms with Crippen molar-refractivity contribution in [2.45, 2.75) is 13.3 Å². The highest BCUT2D eigenvalue weighted by Gasteiger charge is 2.38. The summed E-state index contributed by atoms with van der Waals surface area (Å²) >= 11 is 0. The summed E-state index contributed by atoms with van der Waals surface area (Å²) in [5, 5.41) is 3.91. The summed E-state index contributed by atoms with van der Waals surface area (Å²) in [5.41, 5.74) is 1.65. The van der Waals surface area contributed by atoms with E-state index in [-0.39, 0.29) is 24.2 Å². The normalized spacial score (nSPS) is 19.0. The van der Waals surface area contributed by atoms with Gasteiger partial charge in [-0.1, -0.05) is 23.4 Å². The predicted molar refractivity (Wildman–Crippen MR) is 118 cm³/mol. The molecule has 5 rings (SSSR count). The molecule has 2 aliphatic rings. The molecular formula is C23H24N6O3. The molecule has 9 heteroatoms. The Morgan fingerprint density at radius 3 is 2.50 bits per heavy atom. The molecule has 0 saturated carbocycles. The zero-order chi connectivity index (χ0) is 22.1. The second kappa shape index (κ2) is 8.41. The van der Waals surface area contributed by atoms with Crippen LogP contribution >= 0.6 is 0 Å². The van der Waals surface area contributed by atoms with Gasteiger partial charge in [-0.15, -0.1) is 0 Å². The first-order valence-electron chi connectivity index (χ1n) is 10.7. The van der Waals surface area contributed by atoms with Crippen molar-refractivity contribution in [1.82, 2.24) is 20.0 Å². The second-order valence-corrected chi connectivity index (χ2v) is 8.10. The number of aryl methyl sites for hydroxylation is 1. The number of hydrogen-bond acceptors (Lipinski definition) is 7. The number of piperazine rings is 1. The SMILES string of the molecule is Cc1nc(-c2ccc(N3CCN(C(=O)C4CC(=O)N(c5ccccc5)C4)CC3)nc2)no1. The monoisotopic (exact) mass is 432 g/mol. The summed E-state index contributed by atoms with van der Waals surface area (Å²) in [6.45, 7) is 4.82. The zero-order valence-electron chi connectivity index (χ0n) is 17.8. The molecule has 3 aromatic rings. The van der Waals surface area contributed by atoms with Crippen LogP contribution in [0.25, 0.3) is 11.4 Å². The van der Waals surface area contributed by atoms with Crippen LogP contribution in [0.1, 0.15) is 12.3 Å². The Labute approximate surface area is 185 Å². The Morgan fingerprint density at radius 2 is 1.84 bits per heavy atom. The first kappa shape index (κ1) is 20.2. The molecule has 32 heavy (non-hydrogen) atoms. The Kier molecular flexibility index (Phi) is 5.30. The second-order valence-electron chi connectivity index (χ2n) is 8.10. The highest BCUT2D eigenvalue weighted by molar-refractivity contribution is 6.00. The van der Waals surface area contributed by atoms with Gasteiger partial charge in [0.2, 0.25) is 23.5 Å². The maximum absolute atomic E-state index is 13.1. The van der Waals surface area contributed by atoms with Gasteiger partial charge in [0.15, 0.2) is 0 Å². The van der Waals surface area contributed by atoms with Gasteiger partial charge in [0.1, 0.15) is 5.82 Å². The van der Waals surface area contributed by atoms with E-state index in [9.17, 15) is 9.59 Å². The number of carbonyl (C=O) groups excluding carboxylic acids is 2. The van der Waals surface area contributed by atoms with Crippen LogP contribution in [0.4, 0.5) is 11.5 Å². The minimum Gasteiger partial charge on any atom is -0.353 e. The number of carbonyl (C=O) groups is 2. The molecule has 4 heterocycles. The van der Waals surface area contributed by atoms with Crippen LogP contribution in [0.3, 0.4) is 0 Å². The van der Waals surface area contributed by atoms with E-state index in [1.807, 2.05) is 47.4 Å². The Bertz CT molecular complexity index is 1110. The fourth-order valence-corrected chi connectivity index (χ4v) is 4.27. The molecule has 2 aromatic heterocycles. The van der Waals surface area contributed by atoms with Crippen molar-refractivity contribution >= 4 is 23.3 Å². The number of aromatic nitrogens is 3. The van der Waals surface area contributed by atoms with Crippen molar-refractivity contribution in [3.8, 4) is 11.4 Å². The van der Waals surface area contributed by atoms with Crippen LogP contribution in [0.15, 0.2) is 53.2 Å². The van der Waals surface area contributed by atoms with Crippen LogP contribution in [0.2, 0.25) is 0 Å². The van der Waals surface area contributed by atoms with Gasteiger partial charge in [-0.25, -0.2) is 4.98 Å². The first-order valence-corrected chi connectivity index (χ1v) is 10.7. The van der Waals surface area contributed by atoms with Gasteiger partial charge < -0.3 is 19.2 Å². The van der Waals surface area contributed by atoms with Gasteiger partial charge in [-0.05, 0) is 24.3 Å². The van der Waals surface area contributed by atoms with E-state index in [0.29, 0.717) is 44.4 Å². The molecule has 0 N–H and O–H groups in total. The molecule has 164 valence electrons. The van der Waals surface area contributed by atoms with Crippen LogP contribution in [0.5, 0.6) is 0 Å². The van der Waals surface area contributed by atoms with Crippen LogP contribution in [-0.2, 0) is 9.59 Å². The van der Waals surface area contributed by atoms with Gasteiger partial charge in [0, 0.05) is 63.5 Å². The summed E-state index contributed by atoms with van der Waals surface area (Å²) in [7, 11) is 0. The fourth-order valence-electron chi connectivity index (χ4n) is 4.27. The smallest absolute Gasteiger partial charge is 0.228 e. The van der Waals surface area contributed by atoms with E-state index >= 15 is 0 Å². The standard InChI is InChI=1S/C23H24N6O3/c1-16-25-22(26-32-16)17-7-8-20(24-14-17)27-9-11-28(12-10-27)23(31)18-13-21(30)29(15-18)19-5-3-2-4-6-19/h2-8,14,18H,9-13,15H2,1H3. The molecule has 1 unspecified atom stereocenters. The Hall–Kier alpha value is -3.75. The van der Waals surface area contributed by atoms with E-state index in [0.717, 1.165) is 17.1 Å². The molecular weight excluding hydrogens is 408 g/mol. The van der Waals surface area contributed by atoms with Crippen LogP contribution < -0.4 is 9.80 Å². The number of nitrogens with zero attached hydrogens (tertiary/aromatic N) is 6. The highest BCUT2D eigenvalue weighted by Crippen LogP contribution is 2.27. The van der Waals surface area contributed by atoms with E-state index in [4.69, 9.17) is 4.52 Å². The number of benzene rings is 1. The van der Waals surface area contributed by atoms with Gasteiger partial charge in [0.05, 0.1) is 5.92 Å². The third-order valence-corrected chi connectivity index (χ3v) is 5.99. The van der Waals surface area contributed by atoms with Crippen molar-refractivity contribution < 1.29 is 14.1 Å². The largest absolute Gasteiger partial charge is 0.353 e. The summed E-state index contributed by atoms with van der Waals surface area (Å²) in [4.78, 5) is 40.0. The molecule has 0 aliphatic carbocycles. The molecule has 2 saturated heterocycles. The minimum atomic E-state index is -0.287. The number of pyridine rings is 1. The maximum Gasteiger partial charge on any atom is 0.228 e. The number of anilines is 2. The van der Waals surface area contributed by atoms with Crippen molar-refractivity contribution in [3.05, 3.63) is 54.6 Å². The van der Waals surface area contributed by atoms with E-state index in [2.05, 4.69) is 20.0 Å². The van der Waals surface area contributed by atoms with Gasteiger partial charge in [0.25, 0.3) is 0 Å². The topological polar surface area (TPSA) is 95.7 Å². The van der Waals surface area contributed by atoms with E-state index in [1.165, 1.54) is 0 Å². The number of rotatable bonds is 4. The van der Waals surface area contributed by atoms with Crippen molar-refractivity contribution in [1.29, 1.82) is 0 Å². The third-order valence-electron chi connectivity index (χ3n) is 5.99. The molecule has 2 amide bonds. The van der Waals surface area contributed by atoms with Gasteiger partial charge >= 0.3 is 0 Å². The van der Waals surface area contributed by atoms with Crippen molar-refractivity contribution in [2.75, 3.05) is 42.5 Å². The molecule has 0 bridgehead atoms. The lowest BCUT2D eigenvalue weighted by Crippen LogP contribution is -2.51. The molecule has 2 aliphatic heterocycles. The summed E-state index contributed by atoms with van der Waals surface area (Å²) in [5.74, 6) is 1.67. The molecule has 0 spiro atoms. The van der Waals surface area contributed by atoms with Crippen molar-refractivity contribution in [3.63, 3.8) is 0 Å². The lowest BCUT2D eigenvalue weighted by molar-refractivity contribution is -0.136. The fraction of sp³-hybridized carbons (Fsp3) is 0.348.